The lowest BCUT2D eigenvalue weighted by atomic mass is 10.2. The Hall–Kier alpha value is -1.13. The van der Waals surface area contributed by atoms with Gasteiger partial charge in [-0.2, -0.15) is 0 Å². The molecule has 1 aliphatic rings. The van der Waals surface area contributed by atoms with E-state index in [-0.39, 0.29) is 6.61 Å². The van der Waals surface area contributed by atoms with Crippen molar-refractivity contribution in [3.05, 3.63) is 35.9 Å². The Labute approximate surface area is 111 Å². The first-order valence-corrected chi connectivity index (χ1v) is 6.22. The molecule has 0 N–H and O–H groups in total. The van der Waals surface area contributed by atoms with E-state index < -0.39 is 5.43 Å². The van der Waals surface area contributed by atoms with Gasteiger partial charge in [0.15, 0.2) is 0 Å². The Morgan fingerprint density at radius 3 is 2.56 bits per heavy atom. The van der Waals surface area contributed by atoms with E-state index in [4.69, 9.17) is 11.6 Å². The molecule has 5 heteroatoms. The van der Waals surface area contributed by atoms with Crippen LogP contribution in [0.5, 0.6) is 0 Å². The molecule has 0 saturated carbocycles. The van der Waals surface area contributed by atoms with Crippen molar-refractivity contribution in [2.24, 2.45) is 5.92 Å². The molecule has 3 nitrogen and oxygen atoms in total. The van der Waals surface area contributed by atoms with E-state index in [1.54, 1.807) is 0 Å². The summed E-state index contributed by atoms with van der Waals surface area (Å²) in [6.45, 7) is 3.59. The average molecular weight is 274 g/mol. The molecule has 0 bridgehead atoms. The van der Waals surface area contributed by atoms with E-state index in [1.165, 1.54) is 0 Å². The minimum absolute atomic E-state index is 0.239. The minimum Gasteiger partial charge on any atom is -0.449 e. The lowest BCUT2D eigenvalue weighted by Crippen LogP contribution is -2.06. The number of benzene rings is 1. The lowest BCUT2D eigenvalue weighted by molar-refractivity contribution is 0.0531. The average Bonchev–Trinajstić information content (AvgIpc) is 2.73. The van der Waals surface area contributed by atoms with Crippen LogP contribution >= 0.6 is 11.6 Å². The summed E-state index contributed by atoms with van der Waals surface area (Å²) >= 11 is 4.97. The number of nitrogens with zero attached hydrogens (tertiary/aromatic N) is 1. The van der Waals surface area contributed by atoms with Crippen LogP contribution in [-0.2, 0) is 11.3 Å². The second kappa shape index (κ2) is 8.06. The topological polar surface area (TPSA) is 29.5 Å². The maximum absolute atomic E-state index is 12.0. The molecule has 0 radical (unpaired) electrons. The number of halogens is 2. The predicted molar refractivity (Wildman–Crippen MR) is 68.9 cm³/mol. The van der Waals surface area contributed by atoms with Gasteiger partial charge >= 0.3 is 5.43 Å². The van der Waals surface area contributed by atoms with Gasteiger partial charge in [-0.25, -0.2) is 4.79 Å². The molecule has 0 amide bonds. The van der Waals surface area contributed by atoms with E-state index in [1.807, 2.05) is 30.3 Å². The molecule has 1 heterocycles. The molecule has 1 atom stereocenters. The van der Waals surface area contributed by atoms with Gasteiger partial charge < -0.3 is 4.74 Å². The van der Waals surface area contributed by atoms with Crippen LogP contribution in [0.15, 0.2) is 30.3 Å². The minimum atomic E-state index is -0.770. The first kappa shape index (κ1) is 14.9. The molecular weight excluding hydrogens is 257 g/mol. The van der Waals surface area contributed by atoms with E-state index >= 15 is 0 Å². The first-order valence-electron chi connectivity index (χ1n) is 5.85. The van der Waals surface area contributed by atoms with Crippen molar-refractivity contribution in [1.82, 2.24) is 5.12 Å². The van der Waals surface area contributed by atoms with E-state index in [0.29, 0.717) is 19.0 Å². The highest BCUT2D eigenvalue weighted by molar-refractivity contribution is 6.61. The molecule has 0 aliphatic carbocycles. The molecule has 1 unspecified atom stereocenters. The van der Waals surface area contributed by atoms with Gasteiger partial charge in [-0.05, 0) is 17.9 Å². The largest absolute Gasteiger partial charge is 0.449 e. The summed E-state index contributed by atoms with van der Waals surface area (Å²) in [5.41, 5.74) is 0.162. The molecule has 1 fully saturated rings. The monoisotopic (exact) mass is 273 g/mol. The van der Waals surface area contributed by atoms with Crippen LogP contribution in [0.2, 0.25) is 0 Å². The third-order valence-corrected chi connectivity index (χ3v) is 2.68. The van der Waals surface area contributed by atoms with Gasteiger partial charge in [-0.3, -0.25) is 0 Å². The summed E-state index contributed by atoms with van der Waals surface area (Å²) < 4.78 is 16.6. The van der Waals surface area contributed by atoms with Crippen LogP contribution in [0, 0.1) is 5.92 Å². The molecule has 1 aromatic carbocycles. The SMILES string of the molecule is CC1CCN(F)C1.O=C(Cl)OCc1ccccc1. The Balaban J connectivity index is 0.000000199. The fraction of sp³-hybridized carbons (Fsp3) is 0.462. The number of ether oxygens (including phenoxy) is 1. The van der Waals surface area contributed by atoms with Crippen LogP contribution < -0.4 is 0 Å². The summed E-state index contributed by atoms with van der Waals surface area (Å²) in [6, 6.07) is 9.36. The molecule has 0 aromatic heterocycles. The van der Waals surface area contributed by atoms with Gasteiger partial charge in [0.1, 0.15) is 6.61 Å². The molecule has 1 aliphatic heterocycles. The van der Waals surface area contributed by atoms with Crippen LogP contribution in [-0.4, -0.2) is 23.6 Å². The predicted octanol–water partition coefficient (Wildman–Crippen LogP) is 3.77. The second-order valence-corrected chi connectivity index (χ2v) is 4.58. The first-order chi connectivity index (χ1) is 8.58. The zero-order valence-corrected chi connectivity index (χ0v) is 11.1. The van der Waals surface area contributed by atoms with Crippen LogP contribution in [0.4, 0.5) is 9.28 Å². The number of rotatable bonds is 2. The summed E-state index contributed by atoms with van der Waals surface area (Å²) in [7, 11) is 0. The normalized spacial score (nSPS) is 18.9. The van der Waals surface area contributed by atoms with Gasteiger partial charge in [0.25, 0.3) is 0 Å². The van der Waals surface area contributed by atoms with Crippen LogP contribution in [0.25, 0.3) is 0 Å². The Morgan fingerprint density at radius 2 is 2.17 bits per heavy atom. The zero-order chi connectivity index (χ0) is 13.4. The van der Waals surface area contributed by atoms with Crippen molar-refractivity contribution in [3.63, 3.8) is 0 Å². The van der Waals surface area contributed by atoms with Gasteiger partial charge in [0.2, 0.25) is 0 Å². The van der Waals surface area contributed by atoms with E-state index in [9.17, 15) is 9.28 Å². The van der Waals surface area contributed by atoms with E-state index in [0.717, 1.165) is 17.1 Å². The highest BCUT2D eigenvalue weighted by Gasteiger charge is 2.16. The molecule has 18 heavy (non-hydrogen) atoms. The van der Waals surface area contributed by atoms with Crippen molar-refractivity contribution in [2.45, 2.75) is 20.0 Å². The van der Waals surface area contributed by atoms with Crippen LogP contribution in [0.3, 0.4) is 0 Å². The second-order valence-electron chi connectivity index (χ2n) is 4.27. The summed E-state index contributed by atoms with van der Waals surface area (Å²) in [6.07, 6.45) is 1.02. The molecular formula is C13H17ClFNO2. The highest BCUT2D eigenvalue weighted by atomic mass is 35.5. The lowest BCUT2D eigenvalue weighted by Gasteiger charge is -1.98. The molecule has 1 saturated heterocycles. The maximum atomic E-state index is 12.0. The Morgan fingerprint density at radius 1 is 1.50 bits per heavy atom. The quantitative estimate of drug-likeness (QED) is 0.607. The van der Waals surface area contributed by atoms with Crippen molar-refractivity contribution in [2.75, 3.05) is 13.1 Å². The number of hydrogen-bond acceptors (Lipinski definition) is 3. The summed E-state index contributed by atoms with van der Waals surface area (Å²) in [5, 5.41) is 0.880. The summed E-state index contributed by atoms with van der Waals surface area (Å²) in [5.74, 6) is 0.574. The number of carbonyl (C=O) groups excluding carboxylic acids is 1. The number of carbonyl (C=O) groups is 1. The molecule has 1 aromatic rings. The van der Waals surface area contributed by atoms with Crippen molar-refractivity contribution in [3.8, 4) is 0 Å². The van der Waals surface area contributed by atoms with Gasteiger partial charge in [-0.1, -0.05) is 37.3 Å². The third kappa shape index (κ3) is 6.57. The van der Waals surface area contributed by atoms with Crippen LogP contribution in [0.1, 0.15) is 18.9 Å². The van der Waals surface area contributed by atoms with E-state index in [2.05, 4.69) is 11.7 Å². The fourth-order valence-corrected chi connectivity index (χ4v) is 1.65. The van der Waals surface area contributed by atoms with Crippen molar-refractivity contribution < 1.29 is 14.0 Å². The summed E-state index contributed by atoms with van der Waals surface area (Å²) in [4.78, 5) is 10.2. The molecule has 0 spiro atoms. The van der Waals surface area contributed by atoms with Gasteiger partial charge in [-0.15, -0.1) is 9.60 Å². The van der Waals surface area contributed by atoms with Gasteiger partial charge in [0.05, 0.1) is 0 Å². The van der Waals surface area contributed by atoms with Crippen molar-refractivity contribution >= 4 is 17.0 Å². The number of hydrogen-bond donors (Lipinski definition) is 0. The standard InChI is InChI=1S/C8H7ClO2.C5H10FN/c9-8(10)11-6-7-4-2-1-3-5-7;1-5-2-3-7(6)4-5/h1-5H,6H2;5H,2-4H2,1H3. The fourth-order valence-electron chi connectivity index (χ4n) is 1.60. The molecule has 100 valence electrons. The Bertz CT molecular complexity index is 353. The molecule has 2 rings (SSSR count). The zero-order valence-electron chi connectivity index (χ0n) is 10.3. The smallest absolute Gasteiger partial charge is 0.404 e. The van der Waals surface area contributed by atoms with Gasteiger partial charge in [0, 0.05) is 24.7 Å². The van der Waals surface area contributed by atoms with Crippen molar-refractivity contribution in [1.29, 1.82) is 0 Å². The Kier molecular flexibility index (Phi) is 6.68. The maximum Gasteiger partial charge on any atom is 0.404 e. The third-order valence-electron chi connectivity index (χ3n) is 2.57. The highest BCUT2D eigenvalue weighted by Crippen LogP contribution is 2.13.